The van der Waals surface area contributed by atoms with Gasteiger partial charge in [0.15, 0.2) is 0 Å². The molecule has 0 unspecified atom stereocenters. The molecule has 0 aliphatic carbocycles. The second-order valence-corrected chi connectivity index (χ2v) is 7.22. The van der Waals surface area contributed by atoms with E-state index < -0.39 is 5.97 Å². The van der Waals surface area contributed by atoms with Crippen LogP contribution >= 0.6 is 24.0 Å². The second kappa shape index (κ2) is 9.58. The Labute approximate surface area is 157 Å². The number of aliphatic carboxylic acids is 1. The molecule has 1 aliphatic heterocycles. The Hall–Kier alpha value is -1.86. The largest absolute Gasteiger partial charge is 0.494 e. The first kappa shape index (κ1) is 19.5. The Kier molecular flexibility index (Phi) is 7.46. The molecule has 1 heterocycles. The fourth-order valence-corrected chi connectivity index (χ4v) is 3.70. The molecule has 7 heteroatoms. The third-order valence-electron chi connectivity index (χ3n) is 3.63. The van der Waals surface area contributed by atoms with Gasteiger partial charge in [0.05, 0.1) is 11.5 Å². The van der Waals surface area contributed by atoms with Crippen LogP contribution in [0.1, 0.15) is 38.2 Å². The van der Waals surface area contributed by atoms with Crippen molar-refractivity contribution in [3.05, 3.63) is 34.7 Å². The zero-order valence-corrected chi connectivity index (χ0v) is 15.7. The van der Waals surface area contributed by atoms with Crippen LogP contribution in [0.2, 0.25) is 0 Å². The summed E-state index contributed by atoms with van der Waals surface area (Å²) in [5.41, 5.74) is 0.922. The third-order valence-corrected chi connectivity index (χ3v) is 5.01. The van der Waals surface area contributed by atoms with Crippen LogP contribution in [0, 0.1) is 0 Å². The number of thiocarbonyl (C=S) groups is 1. The third kappa shape index (κ3) is 5.86. The van der Waals surface area contributed by atoms with E-state index in [1.807, 2.05) is 37.3 Å². The van der Waals surface area contributed by atoms with E-state index in [0.717, 1.165) is 24.2 Å². The molecule has 1 N–H and O–H groups in total. The van der Waals surface area contributed by atoms with E-state index in [-0.39, 0.29) is 12.3 Å². The Bertz CT molecular complexity index is 670. The van der Waals surface area contributed by atoms with Gasteiger partial charge in [0.2, 0.25) is 0 Å². The summed E-state index contributed by atoms with van der Waals surface area (Å²) in [6, 6.07) is 7.56. The van der Waals surface area contributed by atoms with Crippen LogP contribution in [0.15, 0.2) is 29.2 Å². The van der Waals surface area contributed by atoms with Crippen LogP contribution in [0.3, 0.4) is 0 Å². The molecule has 1 aromatic carbocycles. The molecule has 0 atom stereocenters. The second-order valence-electron chi connectivity index (χ2n) is 5.54. The Morgan fingerprint density at radius 2 is 2.00 bits per heavy atom. The summed E-state index contributed by atoms with van der Waals surface area (Å²) in [6.45, 7) is 3.08. The van der Waals surface area contributed by atoms with Gasteiger partial charge in [-0.3, -0.25) is 14.5 Å². The van der Waals surface area contributed by atoms with E-state index >= 15 is 0 Å². The van der Waals surface area contributed by atoms with E-state index in [2.05, 4.69) is 0 Å². The molecule has 1 aliphatic rings. The first-order valence-corrected chi connectivity index (χ1v) is 9.43. The SMILES string of the molecule is CCOc1ccc(/C=C2\SC(=S)N(CCCCCC(=O)O)C2=O)cc1. The molecule has 0 radical (unpaired) electrons. The number of amides is 1. The van der Waals surface area contributed by atoms with Crippen molar-refractivity contribution in [3.63, 3.8) is 0 Å². The van der Waals surface area contributed by atoms with E-state index in [1.165, 1.54) is 11.8 Å². The summed E-state index contributed by atoms with van der Waals surface area (Å²) in [7, 11) is 0. The maximum atomic E-state index is 12.5. The van der Waals surface area contributed by atoms with Crippen LogP contribution in [-0.4, -0.2) is 39.4 Å². The highest BCUT2D eigenvalue weighted by atomic mass is 32.2. The number of thioether (sulfide) groups is 1. The molecular weight excluding hydrogens is 358 g/mol. The fourth-order valence-electron chi connectivity index (χ4n) is 2.39. The van der Waals surface area contributed by atoms with Gasteiger partial charge in [-0.25, -0.2) is 0 Å². The molecule has 0 spiro atoms. The van der Waals surface area contributed by atoms with Gasteiger partial charge in [0.1, 0.15) is 10.1 Å². The Morgan fingerprint density at radius 1 is 1.28 bits per heavy atom. The van der Waals surface area contributed by atoms with E-state index in [4.69, 9.17) is 22.1 Å². The zero-order valence-electron chi connectivity index (χ0n) is 14.1. The van der Waals surface area contributed by atoms with Gasteiger partial charge in [-0.15, -0.1) is 0 Å². The van der Waals surface area contributed by atoms with E-state index in [9.17, 15) is 9.59 Å². The molecule has 0 aromatic heterocycles. The van der Waals surface area contributed by atoms with Crippen molar-refractivity contribution in [2.24, 2.45) is 0 Å². The highest BCUT2D eigenvalue weighted by Crippen LogP contribution is 2.33. The minimum Gasteiger partial charge on any atom is -0.494 e. The number of benzene rings is 1. The Morgan fingerprint density at radius 3 is 2.64 bits per heavy atom. The molecule has 2 rings (SSSR count). The fraction of sp³-hybridized carbons (Fsp3) is 0.389. The normalized spacial score (nSPS) is 15.9. The summed E-state index contributed by atoms with van der Waals surface area (Å²) in [6.07, 6.45) is 4.12. The molecule has 134 valence electrons. The van der Waals surface area contributed by atoms with Crippen molar-refractivity contribution < 1.29 is 19.4 Å². The average molecular weight is 380 g/mol. The predicted molar refractivity (Wildman–Crippen MR) is 104 cm³/mol. The highest BCUT2D eigenvalue weighted by Gasteiger charge is 2.31. The molecular formula is C18H21NO4S2. The number of carbonyl (C=O) groups is 2. The number of rotatable bonds is 9. The van der Waals surface area contributed by atoms with Crippen molar-refractivity contribution in [2.45, 2.75) is 32.6 Å². The standard InChI is InChI=1S/C18H21NO4S2/c1-2-23-14-9-7-13(8-10-14)12-15-17(22)19(18(24)25-15)11-5-3-4-6-16(20)21/h7-10,12H,2-6,11H2,1H3,(H,20,21)/b15-12-. The van der Waals surface area contributed by atoms with Gasteiger partial charge in [-0.2, -0.15) is 0 Å². The summed E-state index contributed by atoms with van der Waals surface area (Å²) in [4.78, 5) is 25.2. The topological polar surface area (TPSA) is 66.8 Å². The quantitative estimate of drug-likeness (QED) is 0.398. The first-order chi connectivity index (χ1) is 12.0. The molecule has 1 amide bonds. The monoisotopic (exact) mass is 379 g/mol. The number of carboxylic acids is 1. The van der Waals surface area contributed by atoms with Gasteiger partial charge < -0.3 is 9.84 Å². The van der Waals surface area contributed by atoms with Crippen LogP contribution in [0.25, 0.3) is 6.08 Å². The lowest BCUT2D eigenvalue weighted by atomic mass is 10.2. The Balaban J connectivity index is 1.91. The minimum absolute atomic E-state index is 0.0814. The van der Waals surface area contributed by atoms with E-state index in [0.29, 0.717) is 28.8 Å². The van der Waals surface area contributed by atoms with Gasteiger partial charge in [-0.1, -0.05) is 42.5 Å². The number of carboxylic acid groups (broad SMARTS) is 1. The van der Waals surface area contributed by atoms with Crippen LogP contribution in [0.4, 0.5) is 0 Å². The number of carbonyl (C=O) groups excluding carboxylic acids is 1. The first-order valence-electron chi connectivity index (χ1n) is 8.21. The van der Waals surface area contributed by atoms with Crippen molar-refractivity contribution >= 4 is 46.3 Å². The summed E-state index contributed by atoms with van der Waals surface area (Å²) >= 11 is 6.60. The van der Waals surface area contributed by atoms with Crippen molar-refractivity contribution in [3.8, 4) is 5.75 Å². The van der Waals surface area contributed by atoms with Crippen LogP contribution in [0.5, 0.6) is 5.75 Å². The number of hydrogen-bond donors (Lipinski definition) is 1. The van der Waals surface area contributed by atoms with E-state index in [1.54, 1.807) is 4.90 Å². The van der Waals surface area contributed by atoms with Gasteiger partial charge >= 0.3 is 5.97 Å². The maximum absolute atomic E-state index is 12.5. The van der Waals surface area contributed by atoms with Crippen molar-refractivity contribution in [2.75, 3.05) is 13.2 Å². The number of ether oxygens (including phenoxy) is 1. The molecule has 1 fully saturated rings. The summed E-state index contributed by atoms with van der Waals surface area (Å²) in [5, 5.41) is 8.63. The van der Waals surface area contributed by atoms with Gasteiger partial charge in [-0.05, 0) is 43.5 Å². The molecule has 0 saturated carbocycles. The number of unbranched alkanes of at least 4 members (excludes halogenated alkanes) is 2. The maximum Gasteiger partial charge on any atom is 0.303 e. The molecule has 5 nitrogen and oxygen atoms in total. The lowest BCUT2D eigenvalue weighted by Gasteiger charge is -2.13. The van der Waals surface area contributed by atoms with Crippen molar-refractivity contribution in [1.29, 1.82) is 0 Å². The lowest BCUT2D eigenvalue weighted by molar-refractivity contribution is -0.137. The average Bonchev–Trinajstić information content (AvgIpc) is 2.83. The van der Waals surface area contributed by atoms with Crippen LogP contribution in [-0.2, 0) is 9.59 Å². The molecule has 25 heavy (non-hydrogen) atoms. The highest BCUT2D eigenvalue weighted by molar-refractivity contribution is 8.26. The predicted octanol–water partition coefficient (Wildman–Crippen LogP) is 3.93. The van der Waals surface area contributed by atoms with Crippen LogP contribution < -0.4 is 4.74 Å². The smallest absolute Gasteiger partial charge is 0.303 e. The molecule has 1 saturated heterocycles. The lowest BCUT2D eigenvalue weighted by Crippen LogP contribution is -2.29. The van der Waals surface area contributed by atoms with Gasteiger partial charge in [0.25, 0.3) is 5.91 Å². The minimum atomic E-state index is -0.788. The summed E-state index contributed by atoms with van der Waals surface area (Å²) < 4.78 is 5.96. The molecule has 0 bridgehead atoms. The molecule has 1 aromatic rings. The van der Waals surface area contributed by atoms with Gasteiger partial charge in [0, 0.05) is 13.0 Å². The number of hydrogen-bond acceptors (Lipinski definition) is 5. The zero-order chi connectivity index (χ0) is 18.2. The number of nitrogens with zero attached hydrogens (tertiary/aromatic N) is 1. The summed E-state index contributed by atoms with van der Waals surface area (Å²) in [5.74, 6) is -0.0698. The van der Waals surface area contributed by atoms with Crippen molar-refractivity contribution in [1.82, 2.24) is 4.90 Å².